The first-order chi connectivity index (χ1) is 15.2. The maximum atomic E-state index is 8.58. The molecule has 0 radical (unpaired) electrons. The predicted molar refractivity (Wildman–Crippen MR) is 126 cm³/mol. The van der Waals surface area contributed by atoms with Gasteiger partial charge in [0, 0.05) is 47.3 Å². The third kappa shape index (κ3) is 5.29. The van der Waals surface area contributed by atoms with Gasteiger partial charge >= 0.3 is 0 Å². The van der Waals surface area contributed by atoms with Gasteiger partial charge in [0.2, 0.25) is 0 Å². The Kier molecular flexibility index (Phi) is 6.43. The summed E-state index contributed by atoms with van der Waals surface area (Å²) in [7, 11) is 0. The summed E-state index contributed by atoms with van der Waals surface area (Å²) in [4.78, 5) is 16.0. The number of hydrogen-bond acceptors (Lipinski definition) is 3. The summed E-state index contributed by atoms with van der Waals surface area (Å²) in [6, 6.07) is 25.8. The Hall–Kier alpha value is -3.76. The van der Waals surface area contributed by atoms with Crippen LogP contribution in [0.3, 0.4) is 0 Å². The Morgan fingerprint density at radius 1 is 0.594 bits per heavy atom. The van der Waals surface area contributed by atoms with Crippen LogP contribution in [0.15, 0.2) is 72.8 Å². The molecule has 8 bridgehead atoms. The molecule has 0 spiro atoms. The number of nitrogens with one attached hydrogen (secondary N) is 2. The first kappa shape index (κ1) is 21.5. The van der Waals surface area contributed by atoms with Crippen molar-refractivity contribution < 1.29 is 24.6 Å². The zero-order valence-corrected chi connectivity index (χ0v) is 20.3. The van der Waals surface area contributed by atoms with Gasteiger partial charge in [-0.2, -0.15) is 18.2 Å². The molecule has 6 heteroatoms. The third-order valence-electron chi connectivity index (χ3n) is 4.73. The Morgan fingerprint density at radius 3 is 1.47 bits per heavy atom. The van der Waals surface area contributed by atoms with E-state index in [9.17, 15) is 0 Å². The van der Waals surface area contributed by atoms with Crippen LogP contribution in [0.25, 0.3) is 46.4 Å². The number of H-pyrrole nitrogens is 2. The molecule has 152 valence electrons. The molecular weight excluding hydrogens is 450 g/mol. The second-order valence-electron chi connectivity index (χ2n) is 7.15. The molecule has 0 atom stereocenters. The van der Waals surface area contributed by atoms with E-state index in [4.69, 9.17) is 5.11 Å². The second-order valence-corrected chi connectivity index (χ2v) is 7.15. The number of benzene rings is 1. The smallest absolute Gasteiger partial charge is 0.0659 e. The molecular formula is C26H19N4OZn-. The van der Waals surface area contributed by atoms with Crippen molar-refractivity contribution in [3.05, 3.63) is 102 Å². The third-order valence-corrected chi connectivity index (χ3v) is 4.73. The number of aromatic amines is 2. The number of aromatic nitrogens is 4. The average Bonchev–Trinajstić information content (AvgIpc) is 3.55. The van der Waals surface area contributed by atoms with Crippen LogP contribution in [0.1, 0.15) is 22.8 Å². The molecule has 2 aliphatic heterocycles. The van der Waals surface area contributed by atoms with Gasteiger partial charge in [-0.15, -0.1) is 12.1 Å². The van der Waals surface area contributed by atoms with Crippen LogP contribution in [0.2, 0.25) is 0 Å². The van der Waals surface area contributed by atoms with Crippen LogP contribution >= 0.6 is 0 Å². The van der Waals surface area contributed by atoms with Crippen LogP contribution in [-0.4, -0.2) is 25.0 Å². The van der Waals surface area contributed by atoms with E-state index in [0.29, 0.717) is 0 Å². The maximum absolute atomic E-state index is 8.58. The van der Waals surface area contributed by atoms with Gasteiger partial charge in [-0.25, -0.2) is 9.97 Å². The van der Waals surface area contributed by atoms with Crippen LogP contribution < -0.4 is 0 Å². The van der Waals surface area contributed by atoms with Crippen molar-refractivity contribution in [2.24, 2.45) is 0 Å². The maximum Gasteiger partial charge on any atom is 0.0659 e. The normalized spacial score (nSPS) is 11.4. The summed E-state index contributed by atoms with van der Waals surface area (Å²) in [5.41, 5.74) is 7.86. The summed E-state index contributed by atoms with van der Waals surface area (Å²) in [6.45, 7) is 0. The summed E-state index contributed by atoms with van der Waals surface area (Å²) >= 11 is 0. The van der Waals surface area contributed by atoms with Crippen molar-refractivity contribution in [2.75, 3.05) is 0 Å². The zero-order chi connectivity index (χ0) is 21.0. The number of hydrogen-bond donors (Lipinski definition) is 3. The molecule has 4 aromatic rings. The van der Waals surface area contributed by atoms with Gasteiger partial charge < -0.3 is 15.1 Å². The van der Waals surface area contributed by atoms with E-state index >= 15 is 0 Å². The van der Waals surface area contributed by atoms with Crippen molar-refractivity contribution >= 4 is 46.4 Å². The molecule has 1 aromatic carbocycles. The van der Waals surface area contributed by atoms with E-state index < -0.39 is 0 Å². The Balaban J connectivity index is 0.000000265. The Bertz CT molecular complexity index is 1360. The van der Waals surface area contributed by atoms with Crippen LogP contribution in [0.5, 0.6) is 5.75 Å². The zero-order valence-electron chi connectivity index (χ0n) is 17.3. The molecule has 0 fully saturated rings. The van der Waals surface area contributed by atoms with Crippen LogP contribution in [-0.2, 0) is 19.5 Å². The standard InChI is InChI=1S/C20H14N4.C6H5O.Zn/c1-2-14-10-16-5-6-18(23-16)12-20-8-7-19(24-20)11-17-4-3-15(22-17)9-13(1)21-14;7-6-4-2-1-3-5-6;/h1-12,21-22H;1-4,7H;/q;-1;. The summed E-state index contributed by atoms with van der Waals surface area (Å²) in [5, 5.41) is 8.58. The largest absolute Gasteiger partial charge is 0.534 e. The van der Waals surface area contributed by atoms with Crippen molar-refractivity contribution in [1.82, 2.24) is 19.9 Å². The molecule has 0 aliphatic carbocycles. The van der Waals surface area contributed by atoms with Crippen molar-refractivity contribution in [3.8, 4) is 5.75 Å². The number of nitrogens with zero attached hydrogens (tertiary/aromatic N) is 2. The second kappa shape index (κ2) is 9.59. The molecule has 0 saturated heterocycles. The molecule has 3 N–H and O–H groups in total. The molecule has 3 aromatic heterocycles. The molecule has 5 heterocycles. The van der Waals surface area contributed by atoms with Crippen molar-refractivity contribution in [3.63, 3.8) is 0 Å². The number of fused-ring (bicyclic) bond motifs is 8. The summed E-state index contributed by atoms with van der Waals surface area (Å²) < 4.78 is 0. The van der Waals surface area contributed by atoms with E-state index in [0.717, 1.165) is 44.8 Å². The minimum Gasteiger partial charge on any atom is -0.534 e. The van der Waals surface area contributed by atoms with Gasteiger partial charge in [-0.3, -0.25) is 0 Å². The molecule has 0 unspecified atom stereocenters. The van der Waals surface area contributed by atoms with E-state index in [-0.39, 0.29) is 25.2 Å². The predicted octanol–water partition coefficient (Wildman–Crippen LogP) is 5.85. The van der Waals surface area contributed by atoms with E-state index in [1.807, 2.05) is 42.5 Å². The molecule has 5 nitrogen and oxygen atoms in total. The van der Waals surface area contributed by atoms with Crippen LogP contribution in [0.4, 0.5) is 0 Å². The van der Waals surface area contributed by atoms with E-state index in [2.05, 4.69) is 56.3 Å². The number of para-hydroxylation sites is 1. The quantitative estimate of drug-likeness (QED) is 0.193. The minimum absolute atomic E-state index is 0. The van der Waals surface area contributed by atoms with Gasteiger partial charge in [-0.1, -0.05) is 0 Å². The van der Waals surface area contributed by atoms with Gasteiger partial charge in [0.05, 0.1) is 22.8 Å². The molecule has 0 saturated carbocycles. The van der Waals surface area contributed by atoms with E-state index in [1.54, 1.807) is 24.3 Å². The van der Waals surface area contributed by atoms with Crippen LogP contribution in [0, 0.1) is 6.07 Å². The number of aromatic hydroxyl groups is 1. The van der Waals surface area contributed by atoms with Gasteiger partial charge in [0.15, 0.2) is 0 Å². The van der Waals surface area contributed by atoms with Gasteiger partial charge in [-0.05, 0) is 72.8 Å². The van der Waals surface area contributed by atoms with Gasteiger partial charge in [0.25, 0.3) is 0 Å². The van der Waals surface area contributed by atoms with Crippen molar-refractivity contribution in [1.29, 1.82) is 0 Å². The molecule has 32 heavy (non-hydrogen) atoms. The average molecular weight is 469 g/mol. The minimum atomic E-state index is 0. The summed E-state index contributed by atoms with van der Waals surface area (Å²) in [5.74, 6) is 0.197. The molecule has 2 aliphatic rings. The molecule has 0 amide bonds. The summed E-state index contributed by atoms with van der Waals surface area (Å²) in [6.07, 6.45) is 8.05. The SMILES string of the molecule is C1=Cc2cc3ccc(cc4ccc(cc5nc(cc1n2)C=C5)[nH]4)[nH]3.Oc1[c-]cccc1.[Zn]. The van der Waals surface area contributed by atoms with Crippen molar-refractivity contribution in [2.45, 2.75) is 0 Å². The monoisotopic (exact) mass is 467 g/mol. The Morgan fingerprint density at radius 2 is 1.06 bits per heavy atom. The topological polar surface area (TPSA) is 77.6 Å². The number of phenolic OH excluding ortho intramolecular Hbond substituents is 1. The van der Waals surface area contributed by atoms with Gasteiger partial charge in [0.1, 0.15) is 0 Å². The first-order valence-electron chi connectivity index (χ1n) is 9.90. The Labute approximate surface area is 198 Å². The number of phenols is 1. The van der Waals surface area contributed by atoms with E-state index in [1.165, 1.54) is 0 Å². The molecule has 6 rings (SSSR count). The fourth-order valence-corrected chi connectivity index (χ4v) is 3.33. The fraction of sp³-hybridized carbons (Fsp3) is 0. The first-order valence-corrected chi connectivity index (χ1v) is 9.90. The number of rotatable bonds is 0. The fourth-order valence-electron chi connectivity index (χ4n) is 3.33.